The van der Waals surface area contributed by atoms with Crippen LogP contribution in [0.3, 0.4) is 0 Å². The summed E-state index contributed by atoms with van der Waals surface area (Å²) in [6.45, 7) is 2.30. The van der Waals surface area contributed by atoms with E-state index in [0.717, 1.165) is 30.6 Å². The number of hydrogen-bond acceptors (Lipinski definition) is 4. The molecule has 0 radical (unpaired) electrons. The van der Waals surface area contributed by atoms with Gasteiger partial charge in [-0.25, -0.2) is 9.97 Å². The molecule has 2 aliphatic rings. The van der Waals surface area contributed by atoms with Crippen LogP contribution in [-0.2, 0) is 0 Å². The first-order valence-corrected chi connectivity index (χ1v) is 7.98. The molecule has 0 amide bonds. The maximum Gasteiger partial charge on any atom is 0.316 e. The summed E-state index contributed by atoms with van der Waals surface area (Å²) in [5.41, 5.74) is 1.13. The van der Waals surface area contributed by atoms with Gasteiger partial charge in [-0.05, 0) is 24.7 Å². The summed E-state index contributed by atoms with van der Waals surface area (Å²) in [7, 11) is 1.60. The van der Waals surface area contributed by atoms with Crippen LogP contribution in [0.2, 0.25) is 0 Å². The molecule has 1 aliphatic heterocycles. The number of hydrogen-bond donors (Lipinski definition) is 0. The van der Waals surface area contributed by atoms with Crippen LogP contribution in [0.4, 0.5) is 5.69 Å². The van der Waals surface area contributed by atoms with E-state index < -0.39 is 0 Å². The summed E-state index contributed by atoms with van der Waals surface area (Å²) in [5.74, 6) is 1.95. The molecular weight excluding hydrogens is 250 g/mol. The molecule has 1 saturated carbocycles. The fraction of sp³-hybridized carbons (Fsp3) is 0.750. The second kappa shape index (κ2) is 6.42. The van der Waals surface area contributed by atoms with Crippen molar-refractivity contribution in [3.05, 3.63) is 12.4 Å². The predicted octanol–water partition coefficient (Wildman–Crippen LogP) is 3.28. The Bertz CT molecular complexity index is 406. The molecule has 1 aliphatic carbocycles. The zero-order valence-corrected chi connectivity index (χ0v) is 12.4. The first-order valence-electron chi connectivity index (χ1n) is 7.98. The lowest BCUT2D eigenvalue weighted by Crippen LogP contribution is -2.36. The second-order valence-corrected chi connectivity index (χ2v) is 6.15. The minimum atomic E-state index is 0.450. The summed E-state index contributed by atoms with van der Waals surface area (Å²) in [5, 5.41) is 0. The zero-order valence-electron chi connectivity index (χ0n) is 12.4. The monoisotopic (exact) mass is 275 g/mol. The maximum absolute atomic E-state index is 5.01. The van der Waals surface area contributed by atoms with Crippen molar-refractivity contribution in [2.24, 2.45) is 11.8 Å². The molecule has 1 aromatic heterocycles. The van der Waals surface area contributed by atoms with E-state index in [1.54, 1.807) is 7.11 Å². The minimum absolute atomic E-state index is 0.450. The molecular formula is C16H25N3O. The summed E-state index contributed by atoms with van der Waals surface area (Å²) in [6, 6.07) is 0.450. The van der Waals surface area contributed by atoms with E-state index in [0.29, 0.717) is 6.01 Å². The molecule has 0 atom stereocenters. The summed E-state index contributed by atoms with van der Waals surface area (Å²) in [6.07, 6.45) is 13.7. The molecule has 0 bridgehead atoms. The van der Waals surface area contributed by atoms with E-state index in [-0.39, 0.29) is 0 Å². The van der Waals surface area contributed by atoms with E-state index in [4.69, 9.17) is 4.74 Å². The van der Waals surface area contributed by atoms with Gasteiger partial charge in [-0.2, -0.15) is 0 Å². The zero-order chi connectivity index (χ0) is 13.8. The lowest BCUT2D eigenvalue weighted by molar-refractivity contribution is 0.213. The van der Waals surface area contributed by atoms with Crippen LogP contribution in [0.5, 0.6) is 6.01 Å². The first kappa shape index (κ1) is 13.7. The van der Waals surface area contributed by atoms with Crippen molar-refractivity contribution in [1.29, 1.82) is 0 Å². The van der Waals surface area contributed by atoms with E-state index in [2.05, 4.69) is 14.9 Å². The molecule has 0 spiro atoms. The standard InChI is InChI=1S/C16H25N3O/c1-20-16-17-11-15(12-18-16)19-9-7-14(8-10-19)13-5-3-2-4-6-13/h11-14H,2-10H2,1H3. The van der Waals surface area contributed by atoms with E-state index in [9.17, 15) is 0 Å². The third-order valence-electron chi connectivity index (χ3n) is 5.02. The number of methoxy groups -OCH3 is 1. The Morgan fingerprint density at radius 1 is 0.950 bits per heavy atom. The Hall–Kier alpha value is -1.32. The molecule has 1 aromatic rings. The smallest absolute Gasteiger partial charge is 0.316 e. The fourth-order valence-corrected chi connectivity index (χ4v) is 3.81. The molecule has 2 fully saturated rings. The van der Waals surface area contributed by atoms with E-state index >= 15 is 0 Å². The highest BCUT2D eigenvalue weighted by Gasteiger charge is 2.27. The Labute approximate surface area is 121 Å². The van der Waals surface area contributed by atoms with Crippen LogP contribution < -0.4 is 9.64 Å². The van der Waals surface area contributed by atoms with Crippen LogP contribution in [0.15, 0.2) is 12.4 Å². The van der Waals surface area contributed by atoms with Crippen LogP contribution >= 0.6 is 0 Å². The molecule has 0 aromatic carbocycles. The highest BCUT2D eigenvalue weighted by atomic mass is 16.5. The van der Waals surface area contributed by atoms with Gasteiger partial charge in [0.05, 0.1) is 25.2 Å². The largest absolute Gasteiger partial charge is 0.467 e. The molecule has 20 heavy (non-hydrogen) atoms. The Balaban J connectivity index is 1.54. The summed E-state index contributed by atoms with van der Waals surface area (Å²) < 4.78 is 5.01. The van der Waals surface area contributed by atoms with Crippen molar-refractivity contribution in [1.82, 2.24) is 9.97 Å². The van der Waals surface area contributed by atoms with Gasteiger partial charge in [0.25, 0.3) is 0 Å². The van der Waals surface area contributed by atoms with Crippen molar-refractivity contribution >= 4 is 5.69 Å². The first-order chi connectivity index (χ1) is 9.86. The van der Waals surface area contributed by atoms with E-state index in [1.165, 1.54) is 44.9 Å². The Kier molecular flexibility index (Phi) is 4.38. The predicted molar refractivity (Wildman–Crippen MR) is 80.1 cm³/mol. The van der Waals surface area contributed by atoms with Crippen molar-refractivity contribution in [3.63, 3.8) is 0 Å². The molecule has 0 unspecified atom stereocenters. The van der Waals surface area contributed by atoms with Crippen LogP contribution in [0.25, 0.3) is 0 Å². The number of nitrogens with zero attached hydrogens (tertiary/aromatic N) is 3. The lowest BCUT2D eigenvalue weighted by atomic mass is 9.76. The summed E-state index contributed by atoms with van der Waals surface area (Å²) >= 11 is 0. The van der Waals surface area contributed by atoms with E-state index in [1.807, 2.05) is 12.4 Å². The third-order valence-corrected chi connectivity index (χ3v) is 5.02. The van der Waals surface area contributed by atoms with Gasteiger partial charge in [0.1, 0.15) is 0 Å². The highest BCUT2D eigenvalue weighted by Crippen LogP contribution is 2.36. The highest BCUT2D eigenvalue weighted by molar-refractivity contribution is 5.42. The quantitative estimate of drug-likeness (QED) is 0.848. The van der Waals surface area contributed by atoms with Crippen LogP contribution in [0, 0.1) is 11.8 Å². The van der Waals surface area contributed by atoms with Gasteiger partial charge in [-0.15, -0.1) is 0 Å². The average molecular weight is 275 g/mol. The van der Waals surface area contributed by atoms with Crippen molar-refractivity contribution < 1.29 is 4.74 Å². The molecule has 4 heteroatoms. The van der Waals surface area contributed by atoms with Crippen LogP contribution in [0.1, 0.15) is 44.9 Å². The molecule has 1 saturated heterocycles. The molecule has 110 valence electrons. The number of anilines is 1. The number of piperidine rings is 1. The van der Waals surface area contributed by atoms with Gasteiger partial charge < -0.3 is 9.64 Å². The van der Waals surface area contributed by atoms with Gasteiger partial charge in [0.15, 0.2) is 0 Å². The van der Waals surface area contributed by atoms with Gasteiger partial charge >= 0.3 is 6.01 Å². The Morgan fingerprint density at radius 3 is 2.15 bits per heavy atom. The van der Waals surface area contributed by atoms with Gasteiger partial charge in [-0.3, -0.25) is 0 Å². The SMILES string of the molecule is COc1ncc(N2CCC(C3CCCCC3)CC2)cn1. The van der Waals surface area contributed by atoms with Crippen LogP contribution in [-0.4, -0.2) is 30.2 Å². The van der Waals surface area contributed by atoms with Crippen molar-refractivity contribution in [2.75, 3.05) is 25.1 Å². The second-order valence-electron chi connectivity index (χ2n) is 6.15. The number of aromatic nitrogens is 2. The fourth-order valence-electron chi connectivity index (χ4n) is 3.81. The molecule has 0 N–H and O–H groups in total. The minimum Gasteiger partial charge on any atom is -0.467 e. The van der Waals surface area contributed by atoms with Gasteiger partial charge in [-0.1, -0.05) is 32.1 Å². The van der Waals surface area contributed by atoms with Gasteiger partial charge in [0, 0.05) is 13.1 Å². The van der Waals surface area contributed by atoms with Crippen molar-refractivity contribution in [3.8, 4) is 6.01 Å². The van der Waals surface area contributed by atoms with Gasteiger partial charge in [0.2, 0.25) is 0 Å². The molecule has 4 nitrogen and oxygen atoms in total. The lowest BCUT2D eigenvalue weighted by Gasteiger charge is -2.38. The maximum atomic E-state index is 5.01. The average Bonchev–Trinajstić information content (AvgIpc) is 2.56. The third kappa shape index (κ3) is 3.05. The molecule has 3 rings (SSSR count). The molecule has 2 heterocycles. The summed E-state index contributed by atoms with van der Waals surface area (Å²) in [4.78, 5) is 10.8. The number of ether oxygens (including phenoxy) is 1. The topological polar surface area (TPSA) is 38.2 Å². The van der Waals surface area contributed by atoms with Crippen molar-refractivity contribution in [2.45, 2.75) is 44.9 Å². The number of rotatable bonds is 3. The normalized spacial score (nSPS) is 21.9. The Morgan fingerprint density at radius 2 is 1.55 bits per heavy atom.